The van der Waals surface area contributed by atoms with Gasteiger partial charge in [-0.3, -0.25) is 9.69 Å². The van der Waals surface area contributed by atoms with Gasteiger partial charge < -0.3 is 15.8 Å². The molecule has 1 aliphatic rings. The maximum Gasteiger partial charge on any atom is 0.241 e. The number of carbonyl (C=O) groups excluding carboxylic acids is 1. The fraction of sp³-hybridized carbons (Fsp3) is 0.409. The van der Waals surface area contributed by atoms with Gasteiger partial charge in [0, 0.05) is 19.6 Å². The lowest BCUT2D eigenvalue weighted by molar-refractivity contribution is -0.122. The normalized spacial score (nSPS) is 16.1. The molecule has 29 heavy (non-hydrogen) atoms. The maximum absolute atomic E-state index is 12.6. The fourth-order valence-electron chi connectivity index (χ4n) is 3.46. The van der Waals surface area contributed by atoms with Crippen LogP contribution in [0.1, 0.15) is 34.3 Å². The number of carbonyl (C=O) groups is 1. The monoisotopic (exact) mass is 439 g/mol. The van der Waals surface area contributed by atoms with Gasteiger partial charge in [0.15, 0.2) is 0 Å². The number of amides is 1. The summed E-state index contributed by atoms with van der Waals surface area (Å²) in [6, 6.07) is 15.7. The summed E-state index contributed by atoms with van der Waals surface area (Å²) in [7, 11) is 0. The minimum atomic E-state index is -0.659. The van der Waals surface area contributed by atoms with Crippen molar-refractivity contribution in [2.45, 2.75) is 25.9 Å². The topological polar surface area (TPSA) is 67.6 Å². The predicted octanol–water partition coefficient (Wildman–Crippen LogP) is 3.34. The molecule has 5 nitrogen and oxygen atoms in total. The van der Waals surface area contributed by atoms with Gasteiger partial charge in [-0.2, -0.15) is 0 Å². The van der Waals surface area contributed by atoms with Crippen LogP contribution in [-0.4, -0.2) is 43.7 Å². The van der Waals surface area contributed by atoms with E-state index >= 15 is 0 Å². The van der Waals surface area contributed by atoms with E-state index in [1.807, 2.05) is 31.2 Å². The largest absolute Gasteiger partial charge is 0.379 e. The number of morpholine rings is 1. The molecule has 1 saturated heterocycles. The first-order valence-corrected chi connectivity index (χ1v) is 9.53. The second-order valence-corrected chi connectivity index (χ2v) is 7.21. The summed E-state index contributed by atoms with van der Waals surface area (Å²) in [6.45, 7) is 7.80. The van der Waals surface area contributed by atoms with Gasteiger partial charge in [0.1, 0.15) is 6.04 Å². The number of halogens is 2. The van der Waals surface area contributed by atoms with Crippen LogP contribution in [0.4, 0.5) is 0 Å². The summed E-state index contributed by atoms with van der Waals surface area (Å²) in [5.74, 6) is -0.148. The molecule has 0 aliphatic carbocycles. The van der Waals surface area contributed by atoms with Crippen molar-refractivity contribution in [1.82, 2.24) is 10.2 Å². The number of rotatable bonds is 6. The van der Waals surface area contributed by atoms with Crippen LogP contribution in [-0.2, 0) is 9.53 Å². The lowest BCUT2D eigenvalue weighted by atomic mass is 10.0. The fourth-order valence-corrected chi connectivity index (χ4v) is 3.46. The molecule has 0 bridgehead atoms. The van der Waals surface area contributed by atoms with E-state index in [1.54, 1.807) is 0 Å². The minimum absolute atomic E-state index is 0. The molecule has 0 radical (unpaired) electrons. The van der Waals surface area contributed by atoms with Crippen molar-refractivity contribution < 1.29 is 9.53 Å². The Balaban J connectivity index is 0.00000210. The first-order chi connectivity index (χ1) is 13.0. The Morgan fingerprint density at radius 3 is 2.31 bits per heavy atom. The van der Waals surface area contributed by atoms with Crippen LogP contribution in [0, 0.1) is 13.8 Å². The van der Waals surface area contributed by atoms with Crippen LogP contribution < -0.4 is 11.1 Å². The van der Waals surface area contributed by atoms with Crippen LogP contribution in [0.2, 0.25) is 0 Å². The summed E-state index contributed by atoms with van der Waals surface area (Å²) < 4.78 is 5.49. The van der Waals surface area contributed by atoms with Crippen LogP contribution in [0.25, 0.3) is 0 Å². The molecule has 0 aromatic heterocycles. The summed E-state index contributed by atoms with van der Waals surface area (Å²) in [5.41, 5.74) is 10.6. The number of benzene rings is 2. The number of aryl methyl sites for hydroxylation is 2. The smallest absolute Gasteiger partial charge is 0.241 e. The maximum atomic E-state index is 12.6. The highest BCUT2D eigenvalue weighted by Gasteiger charge is 2.24. The molecule has 160 valence electrons. The van der Waals surface area contributed by atoms with E-state index in [0.29, 0.717) is 6.54 Å². The first kappa shape index (κ1) is 25.4. The van der Waals surface area contributed by atoms with Crippen LogP contribution in [0.5, 0.6) is 0 Å². The molecule has 1 aliphatic heterocycles. The second kappa shape index (κ2) is 12.2. The van der Waals surface area contributed by atoms with E-state index in [9.17, 15) is 4.79 Å². The van der Waals surface area contributed by atoms with Gasteiger partial charge >= 0.3 is 0 Å². The molecule has 7 heteroatoms. The molecular weight excluding hydrogens is 409 g/mol. The van der Waals surface area contributed by atoms with Crippen molar-refractivity contribution in [3.05, 3.63) is 70.8 Å². The molecular formula is C22H31Cl2N3O2. The molecule has 0 saturated carbocycles. The second-order valence-electron chi connectivity index (χ2n) is 7.21. The lowest BCUT2D eigenvalue weighted by Crippen LogP contribution is -2.45. The van der Waals surface area contributed by atoms with Crippen molar-refractivity contribution in [2.24, 2.45) is 5.73 Å². The molecule has 1 heterocycles. The highest BCUT2D eigenvalue weighted by Crippen LogP contribution is 2.22. The SMILES string of the molecule is Cc1ccc(C(N)C(=O)NCC(c2cccc(C)c2)N2CCOCC2)cc1.Cl.Cl. The van der Waals surface area contributed by atoms with Gasteiger partial charge in [0.05, 0.1) is 19.3 Å². The highest BCUT2D eigenvalue weighted by molar-refractivity contribution is 5.85. The van der Waals surface area contributed by atoms with E-state index < -0.39 is 6.04 Å². The van der Waals surface area contributed by atoms with Crippen molar-refractivity contribution in [3.63, 3.8) is 0 Å². The number of nitrogens with two attached hydrogens (primary N) is 1. The number of hydrogen-bond donors (Lipinski definition) is 2. The van der Waals surface area contributed by atoms with Gasteiger partial charge in [-0.1, -0.05) is 59.7 Å². The zero-order valence-electron chi connectivity index (χ0n) is 17.0. The Kier molecular flexibility index (Phi) is 10.6. The molecule has 3 N–H and O–H groups in total. The van der Waals surface area contributed by atoms with E-state index in [1.165, 1.54) is 11.1 Å². The Morgan fingerprint density at radius 1 is 1.03 bits per heavy atom. The van der Waals surface area contributed by atoms with Gasteiger partial charge in [0.25, 0.3) is 0 Å². The molecule has 2 atom stereocenters. The third-order valence-electron chi connectivity index (χ3n) is 5.10. The van der Waals surface area contributed by atoms with Crippen LogP contribution >= 0.6 is 24.8 Å². The third kappa shape index (κ3) is 6.98. The standard InChI is InChI=1S/C22H29N3O2.2ClH/c1-16-6-8-18(9-7-16)21(23)22(26)24-15-20(25-10-12-27-13-11-25)19-5-3-4-17(2)14-19;;/h3-9,14,20-21H,10-13,15,23H2,1-2H3,(H,24,26);2*1H. The highest BCUT2D eigenvalue weighted by atomic mass is 35.5. The quantitative estimate of drug-likeness (QED) is 0.723. The van der Waals surface area contributed by atoms with E-state index in [-0.39, 0.29) is 36.8 Å². The average molecular weight is 440 g/mol. The molecule has 2 aromatic carbocycles. The predicted molar refractivity (Wildman–Crippen MR) is 122 cm³/mol. The van der Waals surface area contributed by atoms with Crippen LogP contribution in [0.3, 0.4) is 0 Å². The number of nitrogens with one attached hydrogen (secondary N) is 1. The third-order valence-corrected chi connectivity index (χ3v) is 5.10. The number of nitrogens with zero attached hydrogens (tertiary/aromatic N) is 1. The van der Waals surface area contributed by atoms with Crippen molar-refractivity contribution in [2.75, 3.05) is 32.8 Å². The summed E-state index contributed by atoms with van der Waals surface area (Å²) in [5, 5.41) is 3.06. The Bertz CT molecular complexity index is 765. The Hall–Kier alpha value is -1.63. The molecule has 1 fully saturated rings. The zero-order chi connectivity index (χ0) is 19.2. The first-order valence-electron chi connectivity index (χ1n) is 9.53. The summed E-state index contributed by atoms with van der Waals surface area (Å²) in [4.78, 5) is 15.0. The van der Waals surface area contributed by atoms with E-state index in [2.05, 4.69) is 41.4 Å². The lowest BCUT2D eigenvalue weighted by Gasteiger charge is -2.35. The van der Waals surface area contributed by atoms with Gasteiger partial charge in [0.2, 0.25) is 5.91 Å². The minimum Gasteiger partial charge on any atom is -0.379 e. The molecule has 2 aromatic rings. The number of hydrogen-bond acceptors (Lipinski definition) is 4. The molecule has 1 amide bonds. The zero-order valence-corrected chi connectivity index (χ0v) is 18.6. The molecule has 2 unspecified atom stereocenters. The molecule has 3 rings (SSSR count). The van der Waals surface area contributed by atoms with Crippen molar-refractivity contribution in [3.8, 4) is 0 Å². The summed E-state index contributed by atoms with van der Waals surface area (Å²) >= 11 is 0. The van der Waals surface area contributed by atoms with Crippen molar-refractivity contribution in [1.29, 1.82) is 0 Å². The van der Waals surface area contributed by atoms with Crippen LogP contribution in [0.15, 0.2) is 48.5 Å². The number of ether oxygens (including phenoxy) is 1. The van der Waals surface area contributed by atoms with E-state index in [4.69, 9.17) is 10.5 Å². The van der Waals surface area contributed by atoms with E-state index in [0.717, 1.165) is 37.4 Å². The van der Waals surface area contributed by atoms with Gasteiger partial charge in [-0.05, 0) is 25.0 Å². The Morgan fingerprint density at radius 2 is 1.69 bits per heavy atom. The summed E-state index contributed by atoms with van der Waals surface area (Å²) in [6.07, 6.45) is 0. The molecule has 0 spiro atoms. The van der Waals surface area contributed by atoms with Crippen molar-refractivity contribution >= 4 is 30.7 Å². The Labute approximate surface area is 185 Å². The van der Waals surface area contributed by atoms with Gasteiger partial charge in [-0.15, -0.1) is 24.8 Å². The average Bonchev–Trinajstić information content (AvgIpc) is 2.69. The van der Waals surface area contributed by atoms with Gasteiger partial charge in [-0.25, -0.2) is 0 Å².